The van der Waals surface area contributed by atoms with E-state index < -0.39 is 11.2 Å². The SMILES string of the molecule is NC1CN(c2n[nH]c(=O)[nH]c2=O)C1. The van der Waals surface area contributed by atoms with Crippen LogP contribution in [0.3, 0.4) is 0 Å². The van der Waals surface area contributed by atoms with Crippen molar-refractivity contribution in [3.8, 4) is 0 Å². The van der Waals surface area contributed by atoms with Crippen molar-refractivity contribution in [1.29, 1.82) is 0 Å². The van der Waals surface area contributed by atoms with Crippen LogP contribution in [0.25, 0.3) is 0 Å². The molecular weight excluding hydrogens is 174 g/mol. The average molecular weight is 183 g/mol. The molecule has 0 bridgehead atoms. The summed E-state index contributed by atoms with van der Waals surface area (Å²) in [5.74, 6) is 0.223. The number of hydrogen-bond acceptors (Lipinski definition) is 5. The van der Waals surface area contributed by atoms with E-state index >= 15 is 0 Å². The van der Waals surface area contributed by atoms with Gasteiger partial charge in [0.15, 0.2) is 0 Å². The van der Waals surface area contributed by atoms with Gasteiger partial charge in [-0.1, -0.05) is 0 Å². The lowest BCUT2D eigenvalue weighted by Gasteiger charge is -2.36. The van der Waals surface area contributed by atoms with Gasteiger partial charge in [0.2, 0.25) is 5.82 Å². The van der Waals surface area contributed by atoms with Crippen LogP contribution in [0.1, 0.15) is 0 Å². The van der Waals surface area contributed by atoms with Gasteiger partial charge in [-0.05, 0) is 0 Å². The Morgan fingerprint density at radius 2 is 2.15 bits per heavy atom. The summed E-state index contributed by atoms with van der Waals surface area (Å²) in [5.41, 5.74) is 4.46. The molecule has 0 saturated carbocycles. The van der Waals surface area contributed by atoms with Gasteiger partial charge >= 0.3 is 5.69 Å². The van der Waals surface area contributed by atoms with Crippen LogP contribution in [0.15, 0.2) is 9.59 Å². The number of nitrogens with zero attached hydrogens (tertiary/aromatic N) is 2. The van der Waals surface area contributed by atoms with Crippen LogP contribution in [-0.4, -0.2) is 34.3 Å². The molecule has 1 saturated heterocycles. The van der Waals surface area contributed by atoms with Crippen molar-refractivity contribution in [2.75, 3.05) is 18.0 Å². The predicted octanol–water partition coefficient (Wildman–Crippen LogP) is -2.39. The molecule has 1 aliphatic heterocycles. The fourth-order valence-corrected chi connectivity index (χ4v) is 1.24. The Hall–Kier alpha value is -1.63. The normalized spacial score (nSPS) is 17.2. The van der Waals surface area contributed by atoms with Crippen LogP contribution in [0.5, 0.6) is 0 Å². The largest absolute Gasteiger partial charge is 0.347 e. The summed E-state index contributed by atoms with van der Waals surface area (Å²) in [6.45, 7) is 1.20. The summed E-state index contributed by atoms with van der Waals surface area (Å²) < 4.78 is 0. The monoisotopic (exact) mass is 183 g/mol. The van der Waals surface area contributed by atoms with Crippen LogP contribution >= 0.6 is 0 Å². The number of hydrogen-bond donors (Lipinski definition) is 3. The maximum Gasteiger partial charge on any atom is 0.342 e. The van der Waals surface area contributed by atoms with Crippen LogP contribution < -0.4 is 21.9 Å². The van der Waals surface area contributed by atoms with Gasteiger partial charge in [0, 0.05) is 19.1 Å². The van der Waals surface area contributed by atoms with Gasteiger partial charge in [-0.3, -0.25) is 9.78 Å². The third-order valence-electron chi connectivity index (χ3n) is 1.90. The summed E-state index contributed by atoms with van der Waals surface area (Å²) in [6.07, 6.45) is 0. The minimum Gasteiger partial charge on any atom is -0.347 e. The first-order valence-electron chi connectivity index (χ1n) is 3.86. The molecule has 2 rings (SSSR count). The first-order valence-corrected chi connectivity index (χ1v) is 3.86. The van der Waals surface area contributed by atoms with E-state index in [4.69, 9.17) is 5.73 Å². The second-order valence-electron chi connectivity index (χ2n) is 3.00. The van der Waals surface area contributed by atoms with E-state index in [9.17, 15) is 9.59 Å². The summed E-state index contributed by atoms with van der Waals surface area (Å²) in [7, 11) is 0. The number of anilines is 1. The van der Waals surface area contributed by atoms with Crippen LogP contribution in [0.4, 0.5) is 5.82 Å². The first-order chi connectivity index (χ1) is 6.16. The summed E-state index contributed by atoms with van der Waals surface area (Å²) in [4.78, 5) is 25.6. The minimum absolute atomic E-state index is 0.0909. The van der Waals surface area contributed by atoms with Crippen LogP contribution in [0.2, 0.25) is 0 Å². The number of rotatable bonds is 1. The van der Waals surface area contributed by atoms with E-state index in [1.165, 1.54) is 0 Å². The third-order valence-corrected chi connectivity index (χ3v) is 1.90. The predicted molar refractivity (Wildman–Crippen MR) is 45.7 cm³/mol. The maximum absolute atomic E-state index is 11.2. The number of aromatic amines is 2. The molecule has 0 aromatic carbocycles. The quantitative estimate of drug-likeness (QED) is 0.450. The zero-order valence-corrected chi connectivity index (χ0v) is 6.78. The zero-order valence-electron chi connectivity index (χ0n) is 6.78. The van der Waals surface area contributed by atoms with Gasteiger partial charge in [0.05, 0.1) is 0 Å². The molecule has 0 radical (unpaired) electrons. The second kappa shape index (κ2) is 2.70. The van der Waals surface area contributed by atoms with Gasteiger partial charge < -0.3 is 10.6 Å². The van der Waals surface area contributed by atoms with Crippen molar-refractivity contribution < 1.29 is 0 Å². The summed E-state index contributed by atoms with van der Waals surface area (Å²) in [5, 5.41) is 5.78. The number of H-pyrrole nitrogens is 2. The van der Waals surface area contributed by atoms with Gasteiger partial charge in [-0.2, -0.15) is 0 Å². The van der Waals surface area contributed by atoms with Crippen LogP contribution in [0, 0.1) is 0 Å². The summed E-state index contributed by atoms with van der Waals surface area (Å²) in [6, 6.07) is 0.0909. The lowest BCUT2D eigenvalue weighted by Crippen LogP contribution is -2.57. The molecule has 7 nitrogen and oxygen atoms in total. The number of nitrogens with one attached hydrogen (secondary N) is 2. The van der Waals surface area contributed by atoms with E-state index in [1.807, 2.05) is 0 Å². The highest BCUT2D eigenvalue weighted by Gasteiger charge is 2.26. The topological polar surface area (TPSA) is 108 Å². The van der Waals surface area contributed by atoms with Crippen molar-refractivity contribution >= 4 is 5.82 Å². The molecule has 1 fully saturated rings. The smallest absolute Gasteiger partial charge is 0.342 e. The van der Waals surface area contributed by atoms with Crippen molar-refractivity contribution in [2.45, 2.75) is 6.04 Å². The minimum atomic E-state index is -0.599. The van der Waals surface area contributed by atoms with E-state index in [1.54, 1.807) is 4.90 Å². The maximum atomic E-state index is 11.2. The Kier molecular flexibility index (Phi) is 1.66. The Balaban J connectivity index is 2.32. The molecule has 0 unspecified atom stereocenters. The molecule has 0 aliphatic carbocycles. The van der Waals surface area contributed by atoms with E-state index in [-0.39, 0.29) is 11.9 Å². The zero-order chi connectivity index (χ0) is 9.42. The molecule has 0 spiro atoms. The molecule has 7 heteroatoms. The molecule has 1 aromatic rings. The van der Waals surface area contributed by atoms with Gasteiger partial charge in [-0.25, -0.2) is 9.89 Å². The molecule has 13 heavy (non-hydrogen) atoms. The van der Waals surface area contributed by atoms with Gasteiger partial charge in [0.25, 0.3) is 5.56 Å². The van der Waals surface area contributed by atoms with Crippen molar-refractivity contribution in [3.63, 3.8) is 0 Å². The van der Waals surface area contributed by atoms with Gasteiger partial charge in [0.1, 0.15) is 0 Å². The Morgan fingerprint density at radius 1 is 1.46 bits per heavy atom. The Morgan fingerprint density at radius 3 is 2.69 bits per heavy atom. The Bertz CT molecular complexity index is 416. The first kappa shape index (κ1) is 7.99. The van der Waals surface area contributed by atoms with E-state index in [0.717, 1.165) is 0 Å². The lowest BCUT2D eigenvalue weighted by molar-refractivity contribution is 0.508. The molecule has 0 atom stereocenters. The van der Waals surface area contributed by atoms with Gasteiger partial charge in [-0.15, -0.1) is 5.10 Å². The fraction of sp³-hybridized carbons (Fsp3) is 0.500. The highest BCUT2D eigenvalue weighted by atomic mass is 16.2. The van der Waals surface area contributed by atoms with E-state index in [2.05, 4.69) is 15.2 Å². The number of nitrogens with two attached hydrogens (primary N) is 1. The van der Waals surface area contributed by atoms with Crippen molar-refractivity contribution in [3.05, 3.63) is 20.8 Å². The standard InChI is InChI=1S/C6H9N5O2/c7-3-1-11(2-3)4-5(12)8-6(13)10-9-4/h3H,1-2,7H2,(H2,8,10,12,13). The molecule has 4 N–H and O–H groups in total. The highest BCUT2D eigenvalue weighted by molar-refractivity contribution is 5.38. The average Bonchev–Trinajstić information content (AvgIpc) is 2.00. The van der Waals surface area contributed by atoms with Crippen molar-refractivity contribution in [2.24, 2.45) is 5.73 Å². The summed E-state index contributed by atoms with van der Waals surface area (Å²) >= 11 is 0. The molecule has 1 aromatic heterocycles. The molecular formula is C6H9N5O2. The molecule has 70 valence electrons. The van der Waals surface area contributed by atoms with Crippen LogP contribution in [-0.2, 0) is 0 Å². The molecule has 2 heterocycles. The number of aromatic nitrogens is 3. The van der Waals surface area contributed by atoms with E-state index in [0.29, 0.717) is 13.1 Å². The highest BCUT2D eigenvalue weighted by Crippen LogP contribution is 2.10. The Labute approximate surface area is 72.6 Å². The fourth-order valence-electron chi connectivity index (χ4n) is 1.24. The second-order valence-corrected chi connectivity index (χ2v) is 3.00. The van der Waals surface area contributed by atoms with Crippen molar-refractivity contribution in [1.82, 2.24) is 15.2 Å². The lowest BCUT2D eigenvalue weighted by atomic mass is 10.1. The molecule has 1 aliphatic rings. The third kappa shape index (κ3) is 1.33. The molecule has 0 amide bonds.